The van der Waals surface area contributed by atoms with E-state index in [-0.39, 0.29) is 5.56 Å². The van der Waals surface area contributed by atoms with Crippen LogP contribution in [0, 0.1) is 0 Å². The Balaban J connectivity index is 2.87. The highest BCUT2D eigenvalue weighted by atomic mass is 16.5. The van der Waals surface area contributed by atoms with Crippen molar-refractivity contribution in [2.24, 2.45) is 0 Å². The number of hydrogen-bond donors (Lipinski definition) is 1. The lowest BCUT2D eigenvalue weighted by atomic mass is 10.3. The van der Waals surface area contributed by atoms with Crippen molar-refractivity contribution in [3.8, 4) is 11.3 Å². The Bertz CT molecular complexity index is 360. The lowest BCUT2D eigenvalue weighted by Crippen LogP contribution is -2.02. The van der Waals surface area contributed by atoms with Gasteiger partial charge in [0.25, 0.3) is 5.56 Å². The normalized spacial score (nSPS) is 10.4. The standard InChI is InChI=1S/C7H5NO2/c9-7-4-5-2-1-3-6(5)10-8-7/h1-4H,(H,8,9). The number of H-pyrrole nitrogens is 1. The third-order valence-electron chi connectivity index (χ3n) is 1.36. The van der Waals surface area contributed by atoms with Crippen LogP contribution in [0.2, 0.25) is 0 Å². The lowest BCUT2D eigenvalue weighted by Gasteiger charge is -1.91. The van der Waals surface area contributed by atoms with Gasteiger partial charge in [0.2, 0.25) is 0 Å². The largest absolute Gasteiger partial charge is 0.379 e. The molecule has 3 nitrogen and oxygen atoms in total. The SMILES string of the molecule is O=c1cc2cccc-2o[nH]1. The van der Waals surface area contributed by atoms with Crippen LogP contribution in [0.15, 0.2) is 33.6 Å². The van der Waals surface area contributed by atoms with E-state index in [9.17, 15) is 4.79 Å². The Morgan fingerprint density at radius 1 is 1.40 bits per heavy atom. The van der Waals surface area contributed by atoms with Gasteiger partial charge in [-0.2, -0.15) is 5.16 Å². The van der Waals surface area contributed by atoms with E-state index in [0.29, 0.717) is 5.76 Å². The van der Waals surface area contributed by atoms with Crippen molar-refractivity contribution in [3.05, 3.63) is 34.6 Å². The van der Waals surface area contributed by atoms with E-state index in [1.54, 1.807) is 6.07 Å². The molecule has 0 aromatic rings. The fraction of sp³-hybridized carbons (Fsp3) is 0. The van der Waals surface area contributed by atoms with Crippen LogP contribution in [-0.4, -0.2) is 5.16 Å². The highest BCUT2D eigenvalue weighted by Gasteiger charge is 2.02. The van der Waals surface area contributed by atoms with Gasteiger partial charge in [-0.3, -0.25) is 4.79 Å². The minimum Gasteiger partial charge on any atom is -0.379 e. The first-order chi connectivity index (χ1) is 4.86. The van der Waals surface area contributed by atoms with Crippen molar-refractivity contribution in [1.29, 1.82) is 0 Å². The molecule has 3 heteroatoms. The number of nitrogens with one attached hydrogen (secondary N) is 1. The summed E-state index contributed by atoms with van der Waals surface area (Å²) in [5.41, 5.74) is 0.627. The van der Waals surface area contributed by atoms with Gasteiger partial charge in [0.15, 0.2) is 5.76 Å². The minimum absolute atomic E-state index is 0.210. The number of aromatic nitrogens is 1. The van der Waals surface area contributed by atoms with E-state index in [2.05, 4.69) is 5.16 Å². The van der Waals surface area contributed by atoms with Gasteiger partial charge >= 0.3 is 0 Å². The molecule has 0 aromatic carbocycles. The van der Waals surface area contributed by atoms with Gasteiger partial charge in [-0.15, -0.1) is 0 Å². The van der Waals surface area contributed by atoms with Gasteiger partial charge in [-0.05, 0) is 6.07 Å². The van der Waals surface area contributed by atoms with Crippen LogP contribution in [0.4, 0.5) is 0 Å². The first kappa shape index (κ1) is 5.29. The van der Waals surface area contributed by atoms with Crippen molar-refractivity contribution >= 4 is 0 Å². The average molecular weight is 135 g/mol. The van der Waals surface area contributed by atoms with Crippen molar-refractivity contribution < 1.29 is 4.52 Å². The molecule has 1 N–H and O–H groups in total. The van der Waals surface area contributed by atoms with E-state index in [1.165, 1.54) is 6.07 Å². The average Bonchev–Trinajstić information content (AvgIpc) is 2.33. The summed E-state index contributed by atoms with van der Waals surface area (Å²) < 4.78 is 4.84. The summed E-state index contributed by atoms with van der Waals surface area (Å²) in [6, 6.07) is 6.96. The molecule has 1 heterocycles. The van der Waals surface area contributed by atoms with E-state index in [1.807, 2.05) is 12.1 Å². The molecule has 0 unspecified atom stereocenters. The van der Waals surface area contributed by atoms with Crippen LogP contribution >= 0.6 is 0 Å². The van der Waals surface area contributed by atoms with E-state index in [4.69, 9.17) is 4.52 Å². The smallest absolute Gasteiger partial charge is 0.277 e. The van der Waals surface area contributed by atoms with Gasteiger partial charge in [0.1, 0.15) is 0 Å². The van der Waals surface area contributed by atoms with Crippen molar-refractivity contribution in [2.45, 2.75) is 0 Å². The van der Waals surface area contributed by atoms with E-state index >= 15 is 0 Å². The number of hydrogen-bond acceptors (Lipinski definition) is 2. The van der Waals surface area contributed by atoms with Crippen LogP contribution in [0.1, 0.15) is 0 Å². The van der Waals surface area contributed by atoms with Crippen LogP contribution in [0.3, 0.4) is 0 Å². The molecule has 2 rings (SSSR count). The maximum atomic E-state index is 10.6. The molecule has 0 spiro atoms. The first-order valence-corrected chi connectivity index (χ1v) is 2.93. The zero-order valence-electron chi connectivity index (χ0n) is 5.13. The zero-order chi connectivity index (χ0) is 6.97. The fourth-order valence-corrected chi connectivity index (χ4v) is 0.906. The molecule has 1 aliphatic carbocycles. The monoisotopic (exact) mass is 135 g/mol. The second kappa shape index (κ2) is 1.73. The molecule has 0 aromatic heterocycles. The zero-order valence-corrected chi connectivity index (χ0v) is 5.13. The molecule has 0 radical (unpaired) electrons. The van der Waals surface area contributed by atoms with Crippen molar-refractivity contribution in [1.82, 2.24) is 5.16 Å². The van der Waals surface area contributed by atoms with Crippen LogP contribution in [-0.2, 0) is 0 Å². The van der Waals surface area contributed by atoms with E-state index < -0.39 is 0 Å². The molecule has 1 aliphatic heterocycles. The third kappa shape index (κ3) is 0.639. The molecular weight excluding hydrogens is 130 g/mol. The van der Waals surface area contributed by atoms with Crippen molar-refractivity contribution in [3.63, 3.8) is 0 Å². The molecule has 0 fully saturated rings. The quantitative estimate of drug-likeness (QED) is 0.587. The Kier molecular flexibility index (Phi) is 0.917. The second-order valence-electron chi connectivity index (χ2n) is 2.06. The van der Waals surface area contributed by atoms with Gasteiger partial charge < -0.3 is 4.52 Å². The van der Waals surface area contributed by atoms with Gasteiger partial charge in [0, 0.05) is 11.6 Å². The first-order valence-electron chi connectivity index (χ1n) is 2.93. The summed E-state index contributed by atoms with van der Waals surface area (Å²) in [6.45, 7) is 0. The highest BCUT2D eigenvalue weighted by molar-refractivity contribution is 5.58. The van der Waals surface area contributed by atoms with Crippen LogP contribution < -0.4 is 5.56 Å². The predicted octanol–water partition coefficient (Wildman–Crippen LogP) is 1.07. The molecule has 50 valence electrons. The minimum atomic E-state index is -0.210. The Morgan fingerprint density at radius 2 is 2.30 bits per heavy atom. The molecular formula is C7H5NO2. The summed E-state index contributed by atoms with van der Waals surface area (Å²) in [7, 11) is 0. The summed E-state index contributed by atoms with van der Waals surface area (Å²) in [6.07, 6.45) is 0. The van der Waals surface area contributed by atoms with Crippen LogP contribution in [0.5, 0.6) is 0 Å². The van der Waals surface area contributed by atoms with Gasteiger partial charge in [0.05, 0.1) is 0 Å². The second-order valence-corrected chi connectivity index (χ2v) is 2.06. The molecule has 0 bridgehead atoms. The summed E-state index contributed by atoms with van der Waals surface area (Å²) in [4.78, 5) is 10.6. The highest BCUT2D eigenvalue weighted by Crippen LogP contribution is 2.18. The molecule has 2 aliphatic rings. The number of aromatic amines is 1. The molecule has 0 amide bonds. The Morgan fingerprint density at radius 3 is 3.20 bits per heavy atom. The molecule has 10 heavy (non-hydrogen) atoms. The lowest BCUT2D eigenvalue weighted by molar-refractivity contribution is 0.404. The maximum Gasteiger partial charge on any atom is 0.277 e. The van der Waals surface area contributed by atoms with Crippen LogP contribution in [0.25, 0.3) is 11.3 Å². The molecule has 0 atom stereocenters. The van der Waals surface area contributed by atoms with Gasteiger partial charge in [-0.1, -0.05) is 12.1 Å². The summed E-state index contributed by atoms with van der Waals surface area (Å²) in [5.74, 6) is 0.708. The van der Waals surface area contributed by atoms with Crippen molar-refractivity contribution in [2.75, 3.05) is 0 Å². The fourth-order valence-electron chi connectivity index (χ4n) is 0.906. The van der Waals surface area contributed by atoms with E-state index in [0.717, 1.165) is 5.56 Å². The Labute approximate surface area is 56.6 Å². The predicted molar refractivity (Wildman–Crippen MR) is 36.0 cm³/mol. The summed E-state index contributed by atoms with van der Waals surface area (Å²) >= 11 is 0. The molecule has 0 saturated carbocycles. The third-order valence-corrected chi connectivity index (χ3v) is 1.36. The maximum absolute atomic E-state index is 10.6. The van der Waals surface area contributed by atoms with Gasteiger partial charge in [-0.25, -0.2) is 0 Å². The number of fused-ring (bicyclic) bond motifs is 1. The molecule has 0 saturated heterocycles. The summed E-state index contributed by atoms with van der Waals surface area (Å²) in [5, 5.41) is 2.23. The topological polar surface area (TPSA) is 46.0 Å². The Hall–Kier alpha value is -1.51. The number of rotatable bonds is 0.